The van der Waals surface area contributed by atoms with Crippen LogP contribution in [0.5, 0.6) is 5.75 Å². The number of pyridine rings is 1. The van der Waals surface area contributed by atoms with Crippen LogP contribution in [0.15, 0.2) is 35.1 Å². The molecule has 2 aromatic rings. The van der Waals surface area contributed by atoms with Crippen molar-refractivity contribution >= 4 is 10.9 Å². The summed E-state index contributed by atoms with van der Waals surface area (Å²) in [6.07, 6.45) is 2.03. The maximum absolute atomic E-state index is 11.6. The molecule has 1 aromatic heterocycles. The largest absolute Gasteiger partial charge is 0.488 e. The number of hydrogen-bond donors (Lipinski definition) is 1. The van der Waals surface area contributed by atoms with Gasteiger partial charge in [0.15, 0.2) is 5.75 Å². The number of rotatable bonds is 4. The minimum atomic E-state index is -0.158. The number of ether oxygens (including phenoxy) is 1. The predicted molar refractivity (Wildman–Crippen MR) is 65.0 cm³/mol. The first-order valence-corrected chi connectivity index (χ1v) is 5.56. The predicted octanol–water partition coefficient (Wildman–Crippen LogP) is 2.71. The summed E-state index contributed by atoms with van der Waals surface area (Å²) in [5, 5.41) is 0.994. The Morgan fingerprint density at radius 3 is 2.94 bits per heavy atom. The number of unbranched alkanes of at least 4 members (excludes halogenated alkanes) is 1. The maximum atomic E-state index is 11.6. The summed E-state index contributed by atoms with van der Waals surface area (Å²) >= 11 is 0. The number of fused-ring (bicyclic) bond motifs is 1. The SMILES string of the molecule is CCCCOc1cc2ccccc2[nH]c1=O. The third-order valence-corrected chi connectivity index (χ3v) is 2.47. The molecule has 0 saturated heterocycles. The summed E-state index contributed by atoms with van der Waals surface area (Å²) in [4.78, 5) is 14.5. The van der Waals surface area contributed by atoms with Crippen LogP contribution in [0.2, 0.25) is 0 Å². The first kappa shape index (κ1) is 10.7. The molecule has 0 amide bonds. The highest BCUT2D eigenvalue weighted by molar-refractivity contribution is 5.79. The van der Waals surface area contributed by atoms with Crippen molar-refractivity contribution in [1.82, 2.24) is 4.98 Å². The van der Waals surface area contributed by atoms with Gasteiger partial charge < -0.3 is 9.72 Å². The smallest absolute Gasteiger partial charge is 0.290 e. The number of aromatic nitrogens is 1. The zero-order chi connectivity index (χ0) is 11.4. The summed E-state index contributed by atoms with van der Waals surface area (Å²) in [6, 6.07) is 9.47. The van der Waals surface area contributed by atoms with Gasteiger partial charge in [0, 0.05) is 10.9 Å². The highest BCUT2D eigenvalue weighted by atomic mass is 16.5. The molecule has 1 heterocycles. The molecule has 0 bridgehead atoms. The molecule has 1 N–H and O–H groups in total. The molecule has 0 fully saturated rings. The highest BCUT2D eigenvalue weighted by Gasteiger charge is 2.02. The van der Waals surface area contributed by atoms with Gasteiger partial charge in [-0.25, -0.2) is 0 Å². The third kappa shape index (κ3) is 2.24. The monoisotopic (exact) mass is 217 g/mol. The van der Waals surface area contributed by atoms with Gasteiger partial charge in [-0.05, 0) is 18.6 Å². The Labute approximate surface area is 94.1 Å². The minimum Gasteiger partial charge on any atom is -0.488 e. The van der Waals surface area contributed by atoms with Crippen molar-refractivity contribution in [3.8, 4) is 5.75 Å². The van der Waals surface area contributed by atoms with E-state index in [4.69, 9.17) is 4.74 Å². The maximum Gasteiger partial charge on any atom is 0.290 e. The van der Waals surface area contributed by atoms with Crippen LogP contribution >= 0.6 is 0 Å². The Balaban J connectivity index is 2.31. The molecule has 2 rings (SSSR count). The van der Waals surface area contributed by atoms with Crippen molar-refractivity contribution in [2.45, 2.75) is 19.8 Å². The third-order valence-electron chi connectivity index (χ3n) is 2.47. The quantitative estimate of drug-likeness (QED) is 0.800. The molecule has 3 heteroatoms. The molecular weight excluding hydrogens is 202 g/mol. The fourth-order valence-electron chi connectivity index (χ4n) is 1.56. The van der Waals surface area contributed by atoms with Crippen molar-refractivity contribution in [2.75, 3.05) is 6.61 Å². The number of H-pyrrole nitrogens is 1. The Hall–Kier alpha value is -1.77. The second-order valence-corrected chi connectivity index (χ2v) is 3.75. The van der Waals surface area contributed by atoms with Crippen LogP contribution < -0.4 is 10.3 Å². The van der Waals surface area contributed by atoms with Crippen molar-refractivity contribution in [3.63, 3.8) is 0 Å². The van der Waals surface area contributed by atoms with Crippen molar-refractivity contribution < 1.29 is 4.74 Å². The molecule has 16 heavy (non-hydrogen) atoms. The summed E-state index contributed by atoms with van der Waals surface area (Å²) in [5.74, 6) is 0.409. The van der Waals surface area contributed by atoms with Gasteiger partial charge in [-0.2, -0.15) is 0 Å². The first-order chi connectivity index (χ1) is 7.81. The van der Waals surface area contributed by atoms with E-state index in [1.807, 2.05) is 24.3 Å². The van der Waals surface area contributed by atoms with E-state index in [0.717, 1.165) is 23.7 Å². The van der Waals surface area contributed by atoms with E-state index in [1.54, 1.807) is 6.07 Å². The molecule has 0 aliphatic carbocycles. The Bertz CT molecular complexity index is 531. The fraction of sp³-hybridized carbons (Fsp3) is 0.308. The second-order valence-electron chi connectivity index (χ2n) is 3.75. The Kier molecular flexibility index (Phi) is 3.25. The zero-order valence-corrected chi connectivity index (χ0v) is 9.32. The van der Waals surface area contributed by atoms with E-state index in [2.05, 4.69) is 11.9 Å². The van der Waals surface area contributed by atoms with E-state index in [1.165, 1.54) is 0 Å². The molecule has 0 spiro atoms. The van der Waals surface area contributed by atoms with Crippen molar-refractivity contribution in [2.24, 2.45) is 0 Å². The average molecular weight is 217 g/mol. The number of nitrogens with one attached hydrogen (secondary N) is 1. The molecule has 0 unspecified atom stereocenters. The Morgan fingerprint density at radius 2 is 2.12 bits per heavy atom. The van der Waals surface area contributed by atoms with E-state index in [9.17, 15) is 4.79 Å². The Morgan fingerprint density at radius 1 is 1.31 bits per heavy atom. The fourth-order valence-corrected chi connectivity index (χ4v) is 1.56. The van der Waals surface area contributed by atoms with Gasteiger partial charge in [0.05, 0.1) is 6.61 Å². The van der Waals surface area contributed by atoms with Gasteiger partial charge >= 0.3 is 0 Å². The molecule has 1 aromatic carbocycles. The normalized spacial score (nSPS) is 10.6. The summed E-state index contributed by atoms with van der Waals surface area (Å²) < 4.78 is 5.44. The summed E-state index contributed by atoms with van der Waals surface area (Å²) in [5.41, 5.74) is 0.685. The van der Waals surface area contributed by atoms with E-state index >= 15 is 0 Å². The van der Waals surface area contributed by atoms with Gasteiger partial charge in [-0.15, -0.1) is 0 Å². The molecule has 0 saturated carbocycles. The van der Waals surface area contributed by atoms with Crippen molar-refractivity contribution in [3.05, 3.63) is 40.7 Å². The number of hydrogen-bond acceptors (Lipinski definition) is 2. The van der Waals surface area contributed by atoms with Gasteiger partial charge in [0.25, 0.3) is 5.56 Å². The lowest BCUT2D eigenvalue weighted by Crippen LogP contribution is -2.11. The van der Waals surface area contributed by atoms with Gasteiger partial charge in [0.2, 0.25) is 0 Å². The van der Waals surface area contributed by atoms with E-state index in [-0.39, 0.29) is 5.56 Å². The number of benzene rings is 1. The second kappa shape index (κ2) is 4.84. The molecule has 84 valence electrons. The van der Waals surface area contributed by atoms with Crippen LogP contribution in [0.4, 0.5) is 0 Å². The van der Waals surface area contributed by atoms with Crippen LogP contribution in [-0.4, -0.2) is 11.6 Å². The van der Waals surface area contributed by atoms with Crippen molar-refractivity contribution in [1.29, 1.82) is 0 Å². The lowest BCUT2D eigenvalue weighted by molar-refractivity contribution is 0.306. The highest BCUT2D eigenvalue weighted by Crippen LogP contribution is 2.14. The van der Waals surface area contributed by atoms with Crippen LogP contribution in [0.1, 0.15) is 19.8 Å². The molecular formula is C13H15NO2. The standard InChI is InChI=1S/C13H15NO2/c1-2-3-8-16-12-9-10-6-4-5-7-11(10)14-13(12)15/h4-7,9H,2-3,8H2,1H3,(H,14,15). The molecule has 3 nitrogen and oxygen atoms in total. The van der Waals surface area contributed by atoms with E-state index in [0.29, 0.717) is 12.4 Å². The van der Waals surface area contributed by atoms with Crippen LogP contribution in [0, 0.1) is 0 Å². The molecule has 0 atom stereocenters. The minimum absolute atomic E-state index is 0.158. The lowest BCUT2D eigenvalue weighted by Gasteiger charge is -2.05. The molecule has 0 radical (unpaired) electrons. The van der Waals surface area contributed by atoms with Crippen LogP contribution in [0.3, 0.4) is 0 Å². The van der Waals surface area contributed by atoms with Crippen LogP contribution in [-0.2, 0) is 0 Å². The van der Waals surface area contributed by atoms with Gasteiger partial charge in [0.1, 0.15) is 0 Å². The summed E-state index contributed by atoms with van der Waals surface area (Å²) in [6.45, 7) is 2.69. The first-order valence-electron chi connectivity index (χ1n) is 5.56. The molecule has 0 aliphatic rings. The zero-order valence-electron chi connectivity index (χ0n) is 9.32. The number of para-hydroxylation sites is 1. The molecule has 0 aliphatic heterocycles. The van der Waals surface area contributed by atoms with Gasteiger partial charge in [-0.3, -0.25) is 4.79 Å². The van der Waals surface area contributed by atoms with Crippen LogP contribution in [0.25, 0.3) is 10.9 Å². The topological polar surface area (TPSA) is 42.1 Å². The van der Waals surface area contributed by atoms with E-state index < -0.39 is 0 Å². The summed E-state index contributed by atoms with van der Waals surface area (Å²) in [7, 11) is 0. The average Bonchev–Trinajstić information content (AvgIpc) is 2.30. The number of aromatic amines is 1. The lowest BCUT2D eigenvalue weighted by atomic mass is 10.2. The van der Waals surface area contributed by atoms with Gasteiger partial charge in [-0.1, -0.05) is 31.5 Å².